The Labute approximate surface area is 101 Å². The number of hydrogen-bond donors (Lipinski definition) is 1. The lowest BCUT2D eigenvalue weighted by Crippen LogP contribution is -2.36. The van der Waals surface area contributed by atoms with E-state index in [9.17, 15) is 12.8 Å². The van der Waals surface area contributed by atoms with Gasteiger partial charge in [-0.15, -0.1) is 0 Å². The van der Waals surface area contributed by atoms with E-state index in [2.05, 4.69) is 0 Å². The van der Waals surface area contributed by atoms with Crippen molar-refractivity contribution in [3.05, 3.63) is 30.1 Å². The highest BCUT2D eigenvalue weighted by atomic mass is 32.2. The average Bonchev–Trinajstić information content (AvgIpc) is 2.29. The van der Waals surface area contributed by atoms with Gasteiger partial charge in [0.15, 0.2) is 0 Å². The van der Waals surface area contributed by atoms with Crippen molar-refractivity contribution in [3.63, 3.8) is 0 Å². The molecule has 0 heterocycles. The Morgan fingerprint density at radius 3 is 2.35 bits per heavy atom. The molecule has 0 aliphatic heterocycles. The molecule has 0 fully saturated rings. The highest BCUT2D eigenvalue weighted by Crippen LogP contribution is 2.17. The summed E-state index contributed by atoms with van der Waals surface area (Å²) in [4.78, 5) is 0.0882. The Kier molecular flexibility index (Phi) is 4.62. The lowest BCUT2D eigenvalue weighted by molar-refractivity contribution is 0.374. The Morgan fingerprint density at radius 1 is 1.35 bits per heavy atom. The van der Waals surface area contributed by atoms with Crippen LogP contribution in [0.5, 0.6) is 0 Å². The molecule has 1 unspecified atom stereocenters. The van der Waals surface area contributed by atoms with Gasteiger partial charge in [0.2, 0.25) is 10.0 Å². The maximum absolute atomic E-state index is 12.7. The quantitative estimate of drug-likeness (QED) is 0.864. The average molecular weight is 260 g/mol. The second-order valence-electron chi connectivity index (χ2n) is 3.90. The minimum atomic E-state index is -3.57. The third-order valence-electron chi connectivity index (χ3n) is 2.70. The van der Waals surface area contributed by atoms with E-state index in [0.717, 1.165) is 12.1 Å². The van der Waals surface area contributed by atoms with E-state index in [0.29, 0.717) is 13.0 Å². The Bertz CT molecular complexity index is 459. The van der Waals surface area contributed by atoms with Crippen LogP contribution in [0.25, 0.3) is 0 Å². The maximum atomic E-state index is 12.7. The van der Waals surface area contributed by atoms with Crippen molar-refractivity contribution in [1.29, 1.82) is 0 Å². The number of halogens is 1. The number of nitrogens with zero attached hydrogens (tertiary/aromatic N) is 1. The van der Waals surface area contributed by atoms with Gasteiger partial charge in [-0.25, -0.2) is 12.8 Å². The summed E-state index contributed by atoms with van der Waals surface area (Å²) in [6, 6.07) is 4.60. The predicted molar refractivity (Wildman–Crippen MR) is 64.5 cm³/mol. The molecule has 1 rings (SSSR count). The van der Waals surface area contributed by atoms with E-state index in [1.54, 1.807) is 6.92 Å². The summed E-state index contributed by atoms with van der Waals surface area (Å²) in [5.74, 6) is -0.457. The van der Waals surface area contributed by atoms with E-state index < -0.39 is 15.8 Å². The van der Waals surface area contributed by atoms with Crippen molar-refractivity contribution >= 4 is 10.0 Å². The summed E-state index contributed by atoms with van der Waals surface area (Å²) in [6.45, 7) is 2.21. The highest BCUT2D eigenvalue weighted by Gasteiger charge is 2.24. The van der Waals surface area contributed by atoms with Crippen molar-refractivity contribution in [2.75, 3.05) is 13.6 Å². The van der Waals surface area contributed by atoms with Gasteiger partial charge in [-0.2, -0.15) is 4.31 Å². The molecule has 1 aromatic rings. The summed E-state index contributed by atoms with van der Waals surface area (Å²) >= 11 is 0. The van der Waals surface area contributed by atoms with E-state index in [4.69, 9.17) is 5.73 Å². The number of benzene rings is 1. The van der Waals surface area contributed by atoms with Crippen LogP contribution >= 0.6 is 0 Å². The van der Waals surface area contributed by atoms with Crippen LogP contribution in [0.2, 0.25) is 0 Å². The van der Waals surface area contributed by atoms with E-state index in [1.807, 2.05) is 0 Å². The fraction of sp³-hybridized carbons (Fsp3) is 0.455. The molecule has 6 heteroatoms. The molecule has 0 amide bonds. The number of hydrogen-bond acceptors (Lipinski definition) is 3. The molecule has 0 saturated heterocycles. The molecule has 4 nitrogen and oxygen atoms in total. The largest absolute Gasteiger partial charge is 0.330 e. The van der Waals surface area contributed by atoms with Crippen molar-refractivity contribution in [1.82, 2.24) is 4.31 Å². The van der Waals surface area contributed by atoms with Gasteiger partial charge in [0, 0.05) is 13.1 Å². The van der Waals surface area contributed by atoms with E-state index in [-0.39, 0.29) is 10.9 Å². The number of nitrogens with two attached hydrogens (primary N) is 1. The van der Waals surface area contributed by atoms with Gasteiger partial charge in [-0.1, -0.05) is 0 Å². The summed E-state index contributed by atoms with van der Waals surface area (Å²) in [6.07, 6.45) is 0.580. The Hall–Kier alpha value is -0.980. The molecule has 1 aromatic carbocycles. The molecule has 0 aliphatic carbocycles. The third-order valence-corrected chi connectivity index (χ3v) is 4.68. The molecule has 0 radical (unpaired) electrons. The smallest absolute Gasteiger partial charge is 0.243 e. The van der Waals surface area contributed by atoms with Crippen LogP contribution in [-0.2, 0) is 10.0 Å². The van der Waals surface area contributed by atoms with Gasteiger partial charge in [-0.05, 0) is 44.2 Å². The van der Waals surface area contributed by atoms with Crippen molar-refractivity contribution in [2.24, 2.45) is 5.73 Å². The van der Waals surface area contributed by atoms with Crippen LogP contribution in [0.4, 0.5) is 4.39 Å². The highest BCUT2D eigenvalue weighted by molar-refractivity contribution is 7.89. The fourth-order valence-corrected chi connectivity index (χ4v) is 2.82. The molecular weight excluding hydrogens is 243 g/mol. The summed E-state index contributed by atoms with van der Waals surface area (Å²) in [5.41, 5.74) is 5.40. The van der Waals surface area contributed by atoms with Gasteiger partial charge in [0.25, 0.3) is 0 Å². The maximum Gasteiger partial charge on any atom is 0.243 e. The summed E-state index contributed by atoms with van der Waals surface area (Å²) < 4.78 is 38.2. The minimum Gasteiger partial charge on any atom is -0.330 e. The predicted octanol–water partition coefficient (Wildman–Crippen LogP) is 1.18. The molecule has 0 aromatic heterocycles. The second kappa shape index (κ2) is 5.57. The zero-order valence-electron chi connectivity index (χ0n) is 9.93. The Balaban J connectivity index is 2.98. The van der Waals surface area contributed by atoms with Gasteiger partial charge >= 0.3 is 0 Å². The summed E-state index contributed by atoms with van der Waals surface area (Å²) in [5, 5.41) is 0. The molecule has 0 saturated carbocycles. The SMILES string of the molecule is CC(CCN)N(C)S(=O)(=O)c1ccc(F)cc1. The van der Waals surface area contributed by atoms with Crippen molar-refractivity contribution < 1.29 is 12.8 Å². The van der Waals surface area contributed by atoms with Crippen LogP contribution in [0.1, 0.15) is 13.3 Å². The fourth-order valence-electron chi connectivity index (χ4n) is 1.43. The molecule has 0 spiro atoms. The first-order chi connectivity index (χ1) is 7.89. The molecule has 2 N–H and O–H groups in total. The first-order valence-corrected chi connectivity index (χ1v) is 6.77. The molecule has 1 atom stereocenters. The molecule has 0 bridgehead atoms. The molecule has 17 heavy (non-hydrogen) atoms. The summed E-state index contributed by atoms with van der Waals surface area (Å²) in [7, 11) is -2.07. The van der Waals surface area contributed by atoms with Crippen LogP contribution in [-0.4, -0.2) is 32.4 Å². The normalized spacial score (nSPS) is 13.9. The van der Waals surface area contributed by atoms with E-state index >= 15 is 0 Å². The second-order valence-corrected chi connectivity index (χ2v) is 5.90. The first kappa shape index (κ1) is 14.1. The topological polar surface area (TPSA) is 63.4 Å². The molecule has 0 aliphatic rings. The van der Waals surface area contributed by atoms with Crippen LogP contribution < -0.4 is 5.73 Å². The first-order valence-electron chi connectivity index (χ1n) is 5.33. The zero-order chi connectivity index (χ0) is 13.1. The van der Waals surface area contributed by atoms with Crippen LogP contribution in [0, 0.1) is 5.82 Å². The van der Waals surface area contributed by atoms with Gasteiger partial charge in [0.05, 0.1) is 4.90 Å². The van der Waals surface area contributed by atoms with Crippen molar-refractivity contribution in [3.8, 4) is 0 Å². The van der Waals surface area contributed by atoms with Gasteiger partial charge in [0.1, 0.15) is 5.82 Å². The molecule has 96 valence electrons. The molecular formula is C11H17FN2O2S. The standard InChI is InChI=1S/C11H17FN2O2S/c1-9(7-8-13)14(2)17(15,16)11-5-3-10(12)4-6-11/h3-6,9H,7-8,13H2,1-2H3. The monoisotopic (exact) mass is 260 g/mol. The van der Waals surface area contributed by atoms with Crippen LogP contribution in [0.3, 0.4) is 0 Å². The van der Waals surface area contributed by atoms with Gasteiger partial charge in [-0.3, -0.25) is 0 Å². The third kappa shape index (κ3) is 3.24. The lowest BCUT2D eigenvalue weighted by atomic mass is 10.2. The van der Waals surface area contributed by atoms with Crippen LogP contribution in [0.15, 0.2) is 29.2 Å². The van der Waals surface area contributed by atoms with Gasteiger partial charge < -0.3 is 5.73 Å². The number of sulfonamides is 1. The van der Waals surface area contributed by atoms with E-state index in [1.165, 1.54) is 23.5 Å². The minimum absolute atomic E-state index is 0.0882. The Morgan fingerprint density at radius 2 is 1.88 bits per heavy atom. The number of rotatable bonds is 5. The zero-order valence-corrected chi connectivity index (χ0v) is 10.7. The van der Waals surface area contributed by atoms with Crippen molar-refractivity contribution in [2.45, 2.75) is 24.3 Å². The lowest BCUT2D eigenvalue weighted by Gasteiger charge is -2.23.